The molecule has 1 amide bonds. The Hall–Kier alpha value is -1.61. The molecule has 3 heteroatoms. The Morgan fingerprint density at radius 2 is 2.00 bits per heavy atom. The van der Waals surface area contributed by atoms with Gasteiger partial charge in [-0.3, -0.25) is 9.63 Å². The summed E-state index contributed by atoms with van der Waals surface area (Å²) >= 11 is 0. The van der Waals surface area contributed by atoms with Crippen LogP contribution in [0.3, 0.4) is 0 Å². The van der Waals surface area contributed by atoms with Crippen molar-refractivity contribution in [2.75, 3.05) is 12.2 Å². The highest BCUT2D eigenvalue weighted by Crippen LogP contribution is 2.44. The van der Waals surface area contributed by atoms with Crippen LogP contribution in [-0.4, -0.2) is 13.0 Å². The van der Waals surface area contributed by atoms with Crippen LogP contribution >= 0.6 is 0 Å². The second kappa shape index (κ2) is 4.58. The van der Waals surface area contributed by atoms with Crippen molar-refractivity contribution in [1.82, 2.24) is 0 Å². The van der Waals surface area contributed by atoms with Crippen LogP contribution in [-0.2, 0) is 9.63 Å². The number of benzene rings is 1. The number of hydrogen-bond donors (Lipinski definition) is 0. The lowest BCUT2D eigenvalue weighted by Gasteiger charge is -2.25. The van der Waals surface area contributed by atoms with Crippen molar-refractivity contribution in [2.24, 2.45) is 17.8 Å². The lowest BCUT2D eigenvalue weighted by molar-refractivity contribution is -0.129. The van der Waals surface area contributed by atoms with Gasteiger partial charge in [-0.2, -0.15) is 5.06 Å². The number of nitrogens with zero attached hydrogens (tertiary/aromatic N) is 1. The number of carbonyl (C=O) groups is 1. The molecule has 0 spiro atoms. The molecule has 1 saturated carbocycles. The molecule has 0 N–H and O–H groups in total. The summed E-state index contributed by atoms with van der Waals surface area (Å²) in [7, 11) is 1.55. The van der Waals surface area contributed by atoms with E-state index in [0.717, 1.165) is 18.5 Å². The largest absolute Gasteiger partial charge is 0.272 e. The highest BCUT2D eigenvalue weighted by Gasteiger charge is 2.42. The third kappa shape index (κ3) is 1.85. The Morgan fingerprint density at radius 1 is 1.22 bits per heavy atom. The molecule has 3 rings (SSSR count). The quantitative estimate of drug-likeness (QED) is 0.603. The first-order chi connectivity index (χ1) is 8.79. The average Bonchev–Trinajstić information content (AvgIpc) is 3.03. The first kappa shape index (κ1) is 11.5. The van der Waals surface area contributed by atoms with Crippen LogP contribution in [0.5, 0.6) is 0 Å². The highest BCUT2D eigenvalue weighted by atomic mass is 16.7. The molecule has 2 aliphatic rings. The fourth-order valence-electron chi connectivity index (χ4n) is 3.10. The van der Waals surface area contributed by atoms with E-state index in [1.165, 1.54) is 5.06 Å². The van der Waals surface area contributed by atoms with Gasteiger partial charge in [0.2, 0.25) is 0 Å². The molecule has 0 saturated heterocycles. The van der Waals surface area contributed by atoms with Crippen LogP contribution in [0.25, 0.3) is 0 Å². The van der Waals surface area contributed by atoms with Crippen molar-refractivity contribution < 1.29 is 9.63 Å². The molecule has 0 heterocycles. The summed E-state index contributed by atoms with van der Waals surface area (Å²) in [5, 5.41) is 1.43. The molecule has 94 valence electrons. The average molecular weight is 243 g/mol. The fraction of sp³-hybridized carbons (Fsp3) is 0.400. The van der Waals surface area contributed by atoms with Gasteiger partial charge in [-0.05, 0) is 36.8 Å². The molecular weight excluding hydrogens is 226 g/mol. The maximum atomic E-state index is 12.5. The van der Waals surface area contributed by atoms with Crippen LogP contribution in [0.2, 0.25) is 0 Å². The molecule has 2 aliphatic carbocycles. The van der Waals surface area contributed by atoms with Crippen molar-refractivity contribution in [1.29, 1.82) is 0 Å². The molecule has 3 atom stereocenters. The van der Waals surface area contributed by atoms with Gasteiger partial charge in [-0.25, -0.2) is 0 Å². The first-order valence-electron chi connectivity index (χ1n) is 6.41. The van der Waals surface area contributed by atoms with E-state index in [1.807, 2.05) is 30.3 Å². The van der Waals surface area contributed by atoms with Gasteiger partial charge in [0.15, 0.2) is 0 Å². The zero-order chi connectivity index (χ0) is 12.5. The van der Waals surface area contributed by atoms with E-state index in [1.54, 1.807) is 7.11 Å². The summed E-state index contributed by atoms with van der Waals surface area (Å²) in [4.78, 5) is 17.8. The van der Waals surface area contributed by atoms with Crippen LogP contribution in [0, 0.1) is 17.8 Å². The lowest BCUT2D eigenvalue weighted by Crippen LogP contribution is -2.37. The third-order valence-corrected chi connectivity index (χ3v) is 3.97. The van der Waals surface area contributed by atoms with Gasteiger partial charge in [0.1, 0.15) is 0 Å². The van der Waals surface area contributed by atoms with Crippen molar-refractivity contribution in [2.45, 2.75) is 12.8 Å². The summed E-state index contributed by atoms with van der Waals surface area (Å²) in [6, 6.07) is 9.54. The van der Waals surface area contributed by atoms with Gasteiger partial charge in [-0.1, -0.05) is 30.4 Å². The number of anilines is 1. The maximum Gasteiger partial charge on any atom is 0.254 e. The first-order valence-corrected chi connectivity index (χ1v) is 6.41. The Balaban J connectivity index is 1.80. The van der Waals surface area contributed by atoms with Gasteiger partial charge in [-0.15, -0.1) is 0 Å². The smallest absolute Gasteiger partial charge is 0.254 e. The molecule has 1 aromatic carbocycles. The van der Waals surface area contributed by atoms with Crippen molar-refractivity contribution in [3.63, 3.8) is 0 Å². The summed E-state index contributed by atoms with van der Waals surface area (Å²) in [6.45, 7) is 0. The van der Waals surface area contributed by atoms with E-state index in [-0.39, 0.29) is 11.8 Å². The van der Waals surface area contributed by atoms with E-state index < -0.39 is 0 Å². The zero-order valence-electron chi connectivity index (χ0n) is 10.5. The molecular formula is C15H17NO2. The Kier molecular flexibility index (Phi) is 2.92. The normalized spacial score (nSPS) is 28.6. The molecule has 0 unspecified atom stereocenters. The predicted octanol–water partition coefficient (Wildman–Crippen LogP) is 2.79. The molecule has 0 aromatic heterocycles. The molecule has 3 nitrogen and oxygen atoms in total. The maximum absolute atomic E-state index is 12.5. The van der Waals surface area contributed by atoms with Crippen molar-refractivity contribution in [3.05, 3.63) is 42.5 Å². The Morgan fingerprint density at radius 3 is 2.56 bits per heavy atom. The van der Waals surface area contributed by atoms with Crippen LogP contribution in [0.15, 0.2) is 42.5 Å². The van der Waals surface area contributed by atoms with E-state index in [2.05, 4.69) is 12.2 Å². The predicted molar refractivity (Wildman–Crippen MR) is 69.8 cm³/mol. The Bertz CT molecular complexity index is 469. The second-order valence-corrected chi connectivity index (χ2v) is 5.04. The van der Waals surface area contributed by atoms with Crippen molar-refractivity contribution in [3.8, 4) is 0 Å². The zero-order valence-corrected chi connectivity index (χ0v) is 10.5. The van der Waals surface area contributed by atoms with Gasteiger partial charge in [0, 0.05) is 5.92 Å². The molecule has 1 aromatic rings. The molecule has 18 heavy (non-hydrogen) atoms. The SMILES string of the molecule is CON(C(=O)[C@@H]1C[C@@H]2C=C[C@H]1C2)c1ccccc1. The highest BCUT2D eigenvalue weighted by molar-refractivity contribution is 5.93. The van der Waals surface area contributed by atoms with Gasteiger partial charge in [0.05, 0.1) is 12.8 Å². The van der Waals surface area contributed by atoms with Crippen LogP contribution in [0.1, 0.15) is 12.8 Å². The molecule has 2 bridgehead atoms. The fourth-order valence-corrected chi connectivity index (χ4v) is 3.10. The van der Waals surface area contributed by atoms with E-state index >= 15 is 0 Å². The second-order valence-electron chi connectivity index (χ2n) is 5.04. The number of fused-ring (bicyclic) bond motifs is 2. The lowest BCUT2D eigenvalue weighted by atomic mass is 9.92. The molecule has 0 aliphatic heterocycles. The van der Waals surface area contributed by atoms with Crippen molar-refractivity contribution >= 4 is 11.6 Å². The van der Waals surface area contributed by atoms with E-state index in [9.17, 15) is 4.79 Å². The third-order valence-electron chi connectivity index (χ3n) is 3.97. The monoisotopic (exact) mass is 243 g/mol. The minimum Gasteiger partial charge on any atom is -0.272 e. The number of allylic oxidation sites excluding steroid dienone is 2. The van der Waals surface area contributed by atoms with Gasteiger partial charge >= 0.3 is 0 Å². The van der Waals surface area contributed by atoms with Crippen LogP contribution in [0.4, 0.5) is 5.69 Å². The summed E-state index contributed by atoms with van der Waals surface area (Å²) in [6.07, 6.45) is 6.53. The standard InChI is InChI=1S/C15H17NO2/c1-18-16(13-5-3-2-4-6-13)15(17)14-10-11-7-8-12(14)9-11/h2-8,11-12,14H,9-10H2,1H3/t11-,12+,14-/m1/s1. The van der Waals surface area contributed by atoms with Gasteiger partial charge in [0.25, 0.3) is 5.91 Å². The number of carbonyl (C=O) groups excluding carboxylic acids is 1. The number of amides is 1. The summed E-state index contributed by atoms with van der Waals surface area (Å²) in [5.74, 6) is 1.17. The topological polar surface area (TPSA) is 29.5 Å². The van der Waals surface area contributed by atoms with Gasteiger partial charge < -0.3 is 0 Å². The van der Waals surface area contributed by atoms with Crippen LogP contribution < -0.4 is 5.06 Å². The minimum absolute atomic E-state index is 0.0835. The Labute approximate surface area is 107 Å². The molecule has 0 radical (unpaired) electrons. The number of rotatable bonds is 3. The number of hydrogen-bond acceptors (Lipinski definition) is 2. The summed E-state index contributed by atoms with van der Waals surface area (Å²) in [5.41, 5.74) is 0.803. The van der Waals surface area contributed by atoms with E-state index in [4.69, 9.17) is 4.84 Å². The number of hydroxylamine groups is 1. The number of para-hydroxylation sites is 1. The van der Waals surface area contributed by atoms with E-state index in [0.29, 0.717) is 11.8 Å². The minimum atomic E-state index is 0.0835. The summed E-state index contributed by atoms with van der Waals surface area (Å²) < 4.78 is 0. The molecule has 1 fully saturated rings.